The number of hydrogen-bond acceptors (Lipinski definition) is 3. The molecule has 1 N–H and O–H groups in total. The van der Waals surface area contributed by atoms with Crippen LogP contribution in [-0.2, 0) is 0 Å². The molecule has 2 amide bonds. The molecule has 0 aromatic heterocycles. The van der Waals surface area contributed by atoms with Crippen LogP contribution < -0.4 is 15.1 Å². The Labute approximate surface area is 159 Å². The summed E-state index contributed by atoms with van der Waals surface area (Å²) in [6.07, 6.45) is 3.43. The number of nitrogens with one attached hydrogen (secondary N) is 1. The molecule has 0 bridgehead atoms. The van der Waals surface area contributed by atoms with E-state index in [-0.39, 0.29) is 6.03 Å². The number of piperazine rings is 1. The molecule has 0 spiro atoms. The summed E-state index contributed by atoms with van der Waals surface area (Å²) in [7, 11) is 0. The minimum atomic E-state index is 0.0920. The molecule has 1 aliphatic rings. The van der Waals surface area contributed by atoms with E-state index in [1.807, 2.05) is 4.90 Å². The summed E-state index contributed by atoms with van der Waals surface area (Å²) in [6.45, 7) is 15.0. The molecule has 5 heteroatoms. The van der Waals surface area contributed by atoms with Gasteiger partial charge in [0.15, 0.2) is 0 Å². The van der Waals surface area contributed by atoms with E-state index in [1.165, 1.54) is 29.8 Å². The molecule has 1 heterocycles. The number of carbonyl (C=O) groups excluding carboxylic acids is 1. The predicted molar refractivity (Wildman–Crippen MR) is 111 cm³/mol. The Balaban J connectivity index is 1.88. The van der Waals surface area contributed by atoms with Crippen molar-refractivity contribution in [2.24, 2.45) is 0 Å². The van der Waals surface area contributed by atoms with Gasteiger partial charge in [-0.1, -0.05) is 19.8 Å². The van der Waals surface area contributed by atoms with Crippen LogP contribution in [0.1, 0.15) is 45.6 Å². The van der Waals surface area contributed by atoms with Crippen LogP contribution >= 0.6 is 0 Å². The number of anilines is 2. The number of nitrogens with zero attached hydrogens (tertiary/aromatic N) is 3. The summed E-state index contributed by atoms with van der Waals surface area (Å²) < 4.78 is 0. The molecule has 1 aromatic carbocycles. The third-order valence-electron chi connectivity index (χ3n) is 5.27. The van der Waals surface area contributed by atoms with Crippen LogP contribution in [0.5, 0.6) is 0 Å². The molecule has 146 valence electrons. The molecule has 0 atom stereocenters. The standard InChI is InChI=1S/C21H36N4O/c1-5-8-9-12-22-21(26)25-15-13-24(14-16-25)20-11-10-19(17-18(20)4)23(6-2)7-3/h10-11,17H,5-9,12-16H2,1-4H3,(H,22,26). The van der Waals surface area contributed by atoms with Crippen LogP contribution in [0, 0.1) is 6.92 Å². The van der Waals surface area contributed by atoms with Crippen LogP contribution in [-0.4, -0.2) is 56.7 Å². The number of unbranched alkanes of at least 4 members (excludes halogenated alkanes) is 2. The molecule has 26 heavy (non-hydrogen) atoms. The van der Waals surface area contributed by atoms with E-state index < -0.39 is 0 Å². The molecular formula is C21H36N4O. The molecule has 5 nitrogen and oxygen atoms in total. The third kappa shape index (κ3) is 5.29. The highest BCUT2D eigenvalue weighted by Gasteiger charge is 2.22. The summed E-state index contributed by atoms with van der Waals surface area (Å²) >= 11 is 0. The van der Waals surface area contributed by atoms with Crippen LogP contribution in [0.2, 0.25) is 0 Å². The third-order valence-corrected chi connectivity index (χ3v) is 5.27. The van der Waals surface area contributed by atoms with Crippen molar-refractivity contribution in [2.45, 2.75) is 47.0 Å². The molecule has 0 unspecified atom stereocenters. The lowest BCUT2D eigenvalue weighted by Gasteiger charge is -2.37. The molecule has 0 aliphatic carbocycles. The first kappa shape index (κ1) is 20.4. The van der Waals surface area contributed by atoms with Gasteiger partial charge in [0.05, 0.1) is 0 Å². The molecule has 1 aromatic rings. The SMILES string of the molecule is CCCCCNC(=O)N1CCN(c2ccc(N(CC)CC)cc2C)CC1. The fraction of sp³-hybridized carbons (Fsp3) is 0.667. The lowest BCUT2D eigenvalue weighted by molar-refractivity contribution is 0.194. The second kappa shape index (κ2) is 10.3. The Morgan fingerprint density at radius 3 is 2.35 bits per heavy atom. The van der Waals surface area contributed by atoms with E-state index in [4.69, 9.17) is 0 Å². The molecule has 1 saturated heterocycles. The van der Waals surface area contributed by atoms with Crippen LogP contribution in [0.4, 0.5) is 16.2 Å². The van der Waals surface area contributed by atoms with E-state index >= 15 is 0 Å². The minimum Gasteiger partial charge on any atom is -0.372 e. The van der Waals surface area contributed by atoms with E-state index in [0.29, 0.717) is 0 Å². The number of urea groups is 1. The van der Waals surface area contributed by atoms with Crippen LogP contribution in [0.25, 0.3) is 0 Å². The summed E-state index contributed by atoms with van der Waals surface area (Å²) in [6, 6.07) is 6.84. The first-order valence-corrected chi connectivity index (χ1v) is 10.2. The van der Waals surface area contributed by atoms with Crippen LogP contribution in [0.3, 0.4) is 0 Å². The van der Waals surface area contributed by atoms with Crippen LogP contribution in [0.15, 0.2) is 18.2 Å². The zero-order valence-electron chi connectivity index (χ0n) is 17.1. The molecule has 0 radical (unpaired) electrons. The summed E-state index contributed by atoms with van der Waals surface area (Å²) in [4.78, 5) is 19.0. The van der Waals surface area contributed by atoms with E-state index in [0.717, 1.165) is 52.2 Å². The Morgan fingerprint density at radius 1 is 1.08 bits per heavy atom. The molecule has 1 fully saturated rings. The van der Waals surface area contributed by atoms with Crippen molar-refractivity contribution in [1.29, 1.82) is 0 Å². The number of amides is 2. The van der Waals surface area contributed by atoms with Crippen molar-refractivity contribution >= 4 is 17.4 Å². The van der Waals surface area contributed by atoms with E-state index in [1.54, 1.807) is 0 Å². The monoisotopic (exact) mass is 360 g/mol. The quantitative estimate of drug-likeness (QED) is 0.716. The smallest absolute Gasteiger partial charge is 0.317 e. The second-order valence-electron chi connectivity index (χ2n) is 7.06. The first-order chi connectivity index (χ1) is 12.6. The largest absolute Gasteiger partial charge is 0.372 e. The van der Waals surface area contributed by atoms with Crippen molar-refractivity contribution in [2.75, 3.05) is 55.6 Å². The fourth-order valence-corrected chi connectivity index (χ4v) is 3.61. The van der Waals surface area contributed by atoms with Gasteiger partial charge >= 0.3 is 6.03 Å². The van der Waals surface area contributed by atoms with Gasteiger partial charge in [-0.05, 0) is 51.0 Å². The molecule has 2 rings (SSSR count). The zero-order valence-corrected chi connectivity index (χ0v) is 17.1. The summed E-state index contributed by atoms with van der Waals surface area (Å²) in [5.41, 5.74) is 3.90. The molecule has 1 aliphatic heterocycles. The Hall–Kier alpha value is -1.91. The highest BCUT2D eigenvalue weighted by molar-refractivity contribution is 5.74. The topological polar surface area (TPSA) is 38.8 Å². The van der Waals surface area contributed by atoms with Gasteiger partial charge in [-0.15, -0.1) is 0 Å². The lowest BCUT2D eigenvalue weighted by Crippen LogP contribution is -2.52. The minimum absolute atomic E-state index is 0.0920. The Kier molecular flexibility index (Phi) is 8.07. The molecular weight excluding hydrogens is 324 g/mol. The van der Waals surface area contributed by atoms with Gasteiger partial charge in [-0.2, -0.15) is 0 Å². The summed E-state index contributed by atoms with van der Waals surface area (Å²) in [5.74, 6) is 0. The van der Waals surface area contributed by atoms with Gasteiger partial charge in [0.2, 0.25) is 0 Å². The maximum Gasteiger partial charge on any atom is 0.317 e. The van der Waals surface area contributed by atoms with Gasteiger partial charge in [-0.3, -0.25) is 0 Å². The van der Waals surface area contributed by atoms with Gasteiger partial charge in [0, 0.05) is 57.2 Å². The van der Waals surface area contributed by atoms with E-state index in [9.17, 15) is 4.79 Å². The normalized spacial score (nSPS) is 14.5. The number of hydrogen-bond donors (Lipinski definition) is 1. The number of benzene rings is 1. The predicted octanol–water partition coefficient (Wildman–Crippen LogP) is 3.86. The van der Waals surface area contributed by atoms with Crippen molar-refractivity contribution in [3.63, 3.8) is 0 Å². The number of aryl methyl sites for hydroxylation is 1. The number of rotatable bonds is 8. The Bertz CT molecular complexity index is 563. The lowest BCUT2D eigenvalue weighted by atomic mass is 10.1. The Morgan fingerprint density at radius 2 is 1.77 bits per heavy atom. The number of carbonyl (C=O) groups is 1. The van der Waals surface area contributed by atoms with Gasteiger partial charge in [0.1, 0.15) is 0 Å². The van der Waals surface area contributed by atoms with Gasteiger partial charge in [0.25, 0.3) is 0 Å². The highest BCUT2D eigenvalue weighted by Crippen LogP contribution is 2.26. The average molecular weight is 361 g/mol. The van der Waals surface area contributed by atoms with Gasteiger partial charge < -0.3 is 20.0 Å². The van der Waals surface area contributed by atoms with E-state index in [2.05, 4.69) is 61.0 Å². The second-order valence-corrected chi connectivity index (χ2v) is 7.06. The maximum atomic E-state index is 12.2. The maximum absolute atomic E-state index is 12.2. The molecule has 0 saturated carbocycles. The fourth-order valence-electron chi connectivity index (χ4n) is 3.61. The van der Waals surface area contributed by atoms with Gasteiger partial charge in [-0.25, -0.2) is 4.79 Å². The first-order valence-electron chi connectivity index (χ1n) is 10.2. The van der Waals surface area contributed by atoms with Crippen molar-refractivity contribution < 1.29 is 4.79 Å². The van der Waals surface area contributed by atoms with Crippen molar-refractivity contribution in [1.82, 2.24) is 10.2 Å². The summed E-state index contributed by atoms with van der Waals surface area (Å²) in [5, 5.41) is 3.05. The highest BCUT2D eigenvalue weighted by atomic mass is 16.2. The van der Waals surface area contributed by atoms with Crippen molar-refractivity contribution in [3.8, 4) is 0 Å². The zero-order chi connectivity index (χ0) is 18.9. The van der Waals surface area contributed by atoms with Crippen molar-refractivity contribution in [3.05, 3.63) is 23.8 Å². The average Bonchev–Trinajstić information content (AvgIpc) is 2.66.